The molecule has 0 fully saturated rings. The molecule has 2 aliphatic rings. The number of rotatable bonds is 3. The number of ether oxygens (including phenoxy) is 1. The third-order valence-corrected chi connectivity index (χ3v) is 7.35. The molecule has 2 atom stereocenters. The van der Waals surface area contributed by atoms with Gasteiger partial charge < -0.3 is 10.1 Å². The Kier molecular flexibility index (Phi) is 4.56. The second kappa shape index (κ2) is 7.44. The van der Waals surface area contributed by atoms with Gasteiger partial charge in [-0.1, -0.05) is 59.8 Å². The molecule has 2 aromatic carbocycles. The molecule has 154 valence electrons. The molecule has 4 aromatic rings. The van der Waals surface area contributed by atoms with E-state index in [9.17, 15) is 0 Å². The molecule has 2 aromatic heterocycles. The molecule has 0 amide bonds. The van der Waals surface area contributed by atoms with Gasteiger partial charge >= 0.3 is 0 Å². The fraction of sp³-hybridized carbons (Fsp3) is 0.130. The van der Waals surface area contributed by atoms with Crippen molar-refractivity contribution in [1.29, 1.82) is 0 Å². The minimum atomic E-state index is -0.353. The summed E-state index contributed by atoms with van der Waals surface area (Å²) in [5.74, 6) is 1.55. The molecule has 0 saturated carbocycles. The summed E-state index contributed by atoms with van der Waals surface area (Å²) in [5.41, 5.74) is 4.04. The highest BCUT2D eigenvalue weighted by Gasteiger charge is 2.42. The average molecular weight is 465 g/mol. The van der Waals surface area contributed by atoms with Crippen LogP contribution in [-0.2, 0) is 0 Å². The van der Waals surface area contributed by atoms with Gasteiger partial charge in [-0.3, -0.25) is 0 Å². The first-order valence-corrected chi connectivity index (χ1v) is 12.3. The fourth-order valence-corrected chi connectivity index (χ4v) is 5.62. The van der Waals surface area contributed by atoms with Crippen LogP contribution in [0, 0.1) is 0 Å². The van der Waals surface area contributed by atoms with E-state index in [1.54, 1.807) is 11.3 Å². The molecule has 0 radical (unpaired) electrons. The Hall–Kier alpha value is -2.74. The number of nitrogens with one attached hydrogen (secondary N) is 1. The SMILES string of the molecule is CSc1nc2n(n1)[C@@H](c1cccs1)C1=C(N2)c2ccccc2O[C@@H]1c1ccccc1Cl. The molecule has 0 spiro atoms. The van der Waals surface area contributed by atoms with Crippen molar-refractivity contribution >= 4 is 46.3 Å². The van der Waals surface area contributed by atoms with Crippen molar-refractivity contribution in [1.82, 2.24) is 14.8 Å². The lowest BCUT2D eigenvalue weighted by Gasteiger charge is -2.38. The first kappa shape index (κ1) is 19.0. The highest BCUT2D eigenvalue weighted by Crippen LogP contribution is 2.52. The van der Waals surface area contributed by atoms with Crippen LogP contribution >= 0.6 is 34.7 Å². The number of nitrogens with zero attached hydrogens (tertiary/aromatic N) is 3. The van der Waals surface area contributed by atoms with Crippen molar-refractivity contribution < 1.29 is 4.74 Å². The molecular weight excluding hydrogens is 448 g/mol. The molecule has 2 aliphatic heterocycles. The number of benzene rings is 2. The van der Waals surface area contributed by atoms with Crippen molar-refractivity contribution in [3.8, 4) is 5.75 Å². The number of hydrogen-bond acceptors (Lipinski definition) is 6. The van der Waals surface area contributed by atoms with Crippen molar-refractivity contribution in [2.75, 3.05) is 11.6 Å². The third kappa shape index (κ3) is 2.99. The minimum absolute atomic E-state index is 0.144. The normalized spacial score (nSPS) is 19.2. The molecule has 0 aliphatic carbocycles. The summed E-state index contributed by atoms with van der Waals surface area (Å²) < 4.78 is 8.57. The number of halogens is 1. The Morgan fingerprint density at radius 3 is 2.74 bits per heavy atom. The molecule has 1 N–H and O–H groups in total. The van der Waals surface area contributed by atoms with Crippen molar-refractivity contribution in [3.63, 3.8) is 0 Å². The van der Waals surface area contributed by atoms with Crippen LogP contribution in [0.25, 0.3) is 5.70 Å². The van der Waals surface area contributed by atoms with Crippen LogP contribution in [0.15, 0.2) is 76.8 Å². The standard InChI is InChI=1S/C23H17ClN4OS2/c1-30-23-26-22-25-19-14-8-3-5-10-16(14)29-21(13-7-2-4-9-15(13)24)18(19)20(28(22)27-23)17-11-6-12-31-17/h2-12,20-21H,1H3,(H,25,26,27)/t20-,21+/m0/s1. The van der Waals surface area contributed by atoms with Crippen LogP contribution in [0.5, 0.6) is 5.75 Å². The monoisotopic (exact) mass is 464 g/mol. The Labute approximate surface area is 192 Å². The Morgan fingerprint density at radius 1 is 1.10 bits per heavy atom. The second-order valence-electron chi connectivity index (χ2n) is 7.26. The number of para-hydroxylation sites is 1. The largest absolute Gasteiger partial charge is 0.480 e. The minimum Gasteiger partial charge on any atom is -0.480 e. The molecule has 0 saturated heterocycles. The van der Waals surface area contributed by atoms with Gasteiger partial charge in [-0.25, -0.2) is 4.68 Å². The van der Waals surface area contributed by atoms with E-state index in [1.807, 2.05) is 53.4 Å². The van der Waals surface area contributed by atoms with Gasteiger partial charge in [0.15, 0.2) is 6.10 Å². The summed E-state index contributed by atoms with van der Waals surface area (Å²) in [7, 11) is 0. The summed E-state index contributed by atoms with van der Waals surface area (Å²) in [6, 6.07) is 20.0. The summed E-state index contributed by atoms with van der Waals surface area (Å²) in [5, 5.41) is 11.8. The van der Waals surface area contributed by atoms with Crippen LogP contribution < -0.4 is 10.1 Å². The maximum absolute atomic E-state index is 6.66. The fourth-order valence-electron chi connectivity index (χ4n) is 4.21. The summed E-state index contributed by atoms with van der Waals surface area (Å²) >= 11 is 9.89. The highest BCUT2D eigenvalue weighted by molar-refractivity contribution is 7.98. The molecular formula is C23H17ClN4OS2. The maximum atomic E-state index is 6.66. The average Bonchev–Trinajstić information content (AvgIpc) is 3.47. The summed E-state index contributed by atoms with van der Waals surface area (Å²) in [6.45, 7) is 0. The number of aromatic nitrogens is 3. The van der Waals surface area contributed by atoms with E-state index in [1.165, 1.54) is 16.6 Å². The van der Waals surface area contributed by atoms with E-state index in [0.717, 1.165) is 39.3 Å². The van der Waals surface area contributed by atoms with E-state index >= 15 is 0 Å². The van der Waals surface area contributed by atoms with Gasteiger partial charge in [0.05, 0.1) is 5.70 Å². The number of anilines is 1. The van der Waals surface area contributed by atoms with Crippen LogP contribution in [0.4, 0.5) is 5.95 Å². The topological polar surface area (TPSA) is 52.0 Å². The van der Waals surface area contributed by atoms with Crippen LogP contribution in [0.3, 0.4) is 0 Å². The highest BCUT2D eigenvalue weighted by atomic mass is 35.5. The van der Waals surface area contributed by atoms with E-state index in [4.69, 9.17) is 26.4 Å². The van der Waals surface area contributed by atoms with Gasteiger partial charge in [-0.05, 0) is 35.9 Å². The van der Waals surface area contributed by atoms with Gasteiger partial charge in [0.2, 0.25) is 11.1 Å². The lowest BCUT2D eigenvalue weighted by Crippen LogP contribution is -2.32. The smallest absolute Gasteiger partial charge is 0.227 e. The van der Waals surface area contributed by atoms with Crippen molar-refractivity contribution in [2.24, 2.45) is 0 Å². The zero-order valence-corrected chi connectivity index (χ0v) is 18.8. The van der Waals surface area contributed by atoms with Crippen LogP contribution in [0.2, 0.25) is 5.02 Å². The molecule has 8 heteroatoms. The van der Waals surface area contributed by atoms with Gasteiger partial charge in [-0.15, -0.1) is 16.4 Å². The first-order chi connectivity index (χ1) is 15.2. The number of thiophene rings is 1. The zero-order valence-electron chi connectivity index (χ0n) is 16.4. The van der Waals surface area contributed by atoms with Gasteiger partial charge in [-0.2, -0.15) is 4.98 Å². The number of fused-ring (bicyclic) bond motifs is 3. The van der Waals surface area contributed by atoms with E-state index in [2.05, 4.69) is 28.9 Å². The van der Waals surface area contributed by atoms with E-state index in [-0.39, 0.29) is 12.1 Å². The van der Waals surface area contributed by atoms with Gasteiger partial charge in [0.1, 0.15) is 11.8 Å². The molecule has 0 bridgehead atoms. The number of hydrogen-bond donors (Lipinski definition) is 1. The zero-order chi connectivity index (χ0) is 20.9. The van der Waals surface area contributed by atoms with Crippen LogP contribution in [-0.4, -0.2) is 21.0 Å². The quantitative estimate of drug-likeness (QED) is 0.362. The lowest BCUT2D eigenvalue weighted by molar-refractivity contribution is 0.223. The molecule has 5 nitrogen and oxygen atoms in total. The molecule has 6 rings (SSSR count). The van der Waals surface area contributed by atoms with Crippen molar-refractivity contribution in [3.05, 3.63) is 92.6 Å². The number of thioether (sulfide) groups is 1. The Balaban J connectivity index is 1.65. The second-order valence-corrected chi connectivity index (χ2v) is 9.42. The predicted octanol–water partition coefficient (Wildman–Crippen LogP) is 6.27. The summed E-state index contributed by atoms with van der Waals surface area (Å²) in [4.78, 5) is 5.89. The predicted molar refractivity (Wildman–Crippen MR) is 126 cm³/mol. The first-order valence-electron chi connectivity index (χ1n) is 9.80. The lowest BCUT2D eigenvalue weighted by atomic mass is 9.87. The van der Waals surface area contributed by atoms with Gasteiger partial charge in [0.25, 0.3) is 0 Å². The molecule has 31 heavy (non-hydrogen) atoms. The summed E-state index contributed by atoms with van der Waals surface area (Å²) in [6.07, 6.45) is 1.63. The molecule has 4 heterocycles. The Morgan fingerprint density at radius 2 is 1.94 bits per heavy atom. The maximum Gasteiger partial charge on any atom is 0.227 e. The van der Waals surface area contributed by atoms with Gasteiger partial charge in [0, 0.05) is 26.6 Å². The molecule has 0 unspecified atom stereocenters. The van der Waals surface area contributed by atoms with Crippen molar-refractivity contribution in [2.45, 2.75) is 17.3 Å². The van der Waals surface area contributed by atoms with Crippen LogP contribution in [0.1, 0.15) is 28.1 Å². The Bertz CT molecular complexity index is 1310. The third-order valence-electron chi connectivity index (χ3n) is 5.54. The van der Waals surface area contributed by atoms with E-state index in [0.29, 0.717) is 5.02 Å². The van der Waals surface area contributed by atoms with E-state index < -0.39 is 0 Å².